The number of carbonyl (C=O) groups is 2. The Hall–Kier alpha value is -4.17. The average molecular weight is 604 g/mol. The lowest BCUT2D eigenvalue weighted by molar-refractivity contribution is 0.0373. The van der Waals surface area contributed by atoms with E-state index in [2.05, 4.69) is 15.2 Å². The van der Waals surface area contributed by atoms with Crippen LogP contribution in [0, 0.1) is 25.6 Å². The molecule has 1 aliphatic heterocycles. The highest BCUT2D eigenvalue weighted by Crippen LogP contribution is 2.36. The molecule has 2 heterocycles. The van der Waals surface area contributed by atoms with E-state index in [1.54, 1.807) is 27.8 Å². The van der Waals surface area contributed by atoms with Gasteiger partial charge in [0, 0.05) is 19.5 Å². The molecule has 0 unspecified atom stereocenters. The van der Waals surface area contributed by atoms with Crippen LogP contribution in [0.15, 0.2) is 51.9 Å². The molecular weight excluding hydrogens is 569 g/mol. The summed E-state index contributed by atoms with van der Waals surface area (Å²) in [5.41, 5.74) is 1.04. The number of likely N-dealkylation sites (N-methyl/N-ethyl adjacent to an activating group) is 1. The maximum Gasteiger partial charge on any atom is 0.321 e. The molecule has 3 amide bonds. The SMILES string of the molecule is Cc1noc(C)c1NC(=O)N(C)C[C@@H]1Oc2c(NS(=O)(=O)c3ccc(F)cc3)cccc2C(=O)N([C@@H](C)CO)C[C@@H]1C. The van der Waals surface area contributed by atoms with Crippen molar-refractivity contribution in [2.75, 3.05) is 36.8 Å². The van der Waals surface area contributed by atoms with E-state index in [1.165, 1.54) is 28.0 Å². The van der Waals surface area contributed by atoms with Gasteiger partial charge in [-0.25, -0.2) is 17.6 Å². The highest BCUT2D eigenvalue weighted by atomic mass is 32.2. The molecule has 4 rings (SSSR count). The number of fused-ring (bicyclic) bond motifs is 1. The third-order valence-corrected chi connectivity index (χ3v) is 8.51. The van der Waals surface area contributed by atoms with Gasteiger partial charge in [0.15, 0.2) is 11.5 Å². The number of halogens is 1. The molecule has 0 aliphatic carbocycles. The molecule has 3 atom stereocenters. The van der Waals surface area contributed by atoms with Gasteiger partial charge in [-0.1, -0.05) is 18.1 Å². The number of aliphatic hydroxyl groups excluding tert-OH is 1. The predicted molar refractivity (Wildman–Crippen MR) is 152 cm³/mol. The lowest BCUT2D eigenvalue weighted by Crippen LogP contribution is -2.50. The average Bonchev–Trinajstić information content (AvgIpc) is 3.26. The number of aromatic nitrogens is 1. The van der Waals surface area contributed by atoms with Crippen LogP contribution >= 0.6 is 0 Å². The second-order valence-electron chi connectivity index (χ2n) is 10.4. The first-order valence-electron chi connectivity index (χ1n) is 13.3. The minimum absolute atomic E-state index is 0.0105. The van der Waals surface area contributed by atoms with E-state index >= 15 is 0 Å². The van der Waals surface area contributed by atoms with Crippen LogP contribution in [0.25, 0.3) is 0 Å². The molecule has 1 aliphatic rings. The van der Waals surface area contributed by atoms with Gasteiger partial charge in [0.25, 0.3) is 15.9 Å². The van der Waals surface area contributed by atoms with E-state index in [9.17, 15) is 27.5 Å². The molecule has 3 aromatic rings. The minimum atomic E-state index is -4.19. The molecule has 0 radical (unpaired) electrons. The van der Waals surface area contributed by atoms with E-state index in [1.807, 2.05) is 6.92 Å². The summed E-state index contributed by atoms with van der Waals surface area (Å²) in [4.78, 5) is 29.5. The summed E-state index contributed by atoms with van der Waals surface area (Å²) in [6.45, 7) is 6.88. The number of nitrogens with zero attached hydrogens (tertiary/aromatic N) is 3. The van der Waals surface area contributed by atoms with Crippen molar-refractivity contribution >= 4 is 33.3 Å². The molecule has 0 spiro atoms. The molecule has 0 bridgehead atoms. The Morgan fingerprint density at radius 3 is 2.55 bits per heavy atom. The van der Waals surface area contributed by atoms with Crippen molar-refractivity contribution in [1.29, 1.82) is 0 Å². The van der Waals surface area contributed by atoms with E-state index in [0.717, 1.165) is 24.3 Å². The van der Waals surface area contributed by atoms with Crippen molar-refractivity contribution in [3.05, 3.63) is 65.3 Å². The van der Waals surface area contributed by atoms with Crippen LogP contribution in [0.2, 0.25) is 0 Å². The second kappa shape index (κ2) is 12.4. The number of aliphatic hydroxyl groups is 1. The van der Waals surface area contributed by atoms with Gasteiger partial charge in [-0.3, -0.25) is 9.52 Å². The maximum absolute atomic E-state index is 13.7. The number of ether oxygens (including phenoxy) is 1. The highest BCUT2D eigenvalue weighted by Gasteiger charge is 2.35. The van der Waals surface area contributed by atoms with Gasteiger partial charge in [-0.05, 0) is 57.2 Å². The Kier molecular flexibility index (Phi) is 9.06. The van der Waals surface area contributed by atoms with Crippen LogP contribution in [0.1, 0.15) is 35.7 Å². The molecule has 2 aromatic carbocycles. The molecule has 1 aromatic heterocycles. The first-order valence-corrected chi connectivity index (χ1v) is 14.8. The predicted octanol–water partition coefficient (Wildman–Crippen LogP) is 3.62. The fourth-order valence-corrected chi connectivity index (χ4v) is 5.64. The Morgan fingerprint density at radius 2 is 1.93 bits per heavy atom. The zero-order valence-electron chi connectivity index (χ0n) is 23.9. The summed E-state index contributed by atoms with van der Waals surface area (Å²) in [5.74, 6) is -0.982. The fraction of sp³-hybridized carbons (Fsp3) is 0.393. The first-order chi connectivity index (χ1) is 19.8. The maximum atomic E-state index is 13.7. The number of carbonyl (C=O) groups excluding carboxylic acids is 2. The molecule has 3 N–H and O–H groups in total. The van der Waals surface area contributed by atoms with Gasteiger partial charge < -0.3 is 29.5 Å². The van der Waals surface area contributed by atoms with Crippen LogP contribution in [-0.2, 0) is 10.0 Å². The summed E-state index contributed by atoms with van der Waals surface area (Å²) in [5, 5.41) is 16.5. The summed E-state index contributed by atoms with van der Waals surface area (Å²) >= 11 is 0. The van der Waals surface area contributed by atoms with Crippen molar-refractivity contribution in [3.63, 3.8) is 0 Å². The number of hydrogen-bond acceptors (Lipinski definition) is 8. The Morgan fingerprint density at radius 1 is 1.24 bits per heavy atom. The number of aryl methyl sites for hydroxylation is 2. The van der Waals surface area contributed by atoms with Gasteiger partial charge in [-0.15, -0.1) is 0 Å². The Bertz CT molecular complexity index is 1540. The summed E-state index contributed by atoms with van der Waals surface area (Å²) in [6.07, 6.45) is -0.706. The van der Waals surface area contributed by atoms with Gasteiger partial charge in [0.2, 0.25) is 0 Å². The van der Waals surface area contributed by atoms with Crippen molar-refractivity contribution in [3.8, 4) is 5.75 Å². The first kappa shape index (κ1) is 30.8. The summed E-state index contributed by atoms with van der Waals surface area (Å²) < 4.78 is 53.7. The zero-order chi connectivity index (χ0) is 30.8. The molecule has 0 saturated heterocycles. The number of para-hydroxylation sites is 1. The lowest BCUT2D eigenvalue weighted by atomic mass is 9.99. The molecule has 226 valence electrons. The molecular formula is C28H34FN5O7S. The smallest absolute Gasteiger partial charge is 0.321 e. The summed E-state index contributed by atoms with van der Waals surface area (Å²) in [7, 11) is -2.62. The van der Waals surface area contributed by atoms with Crippen LogP contribution in [0.3, 0.4) is 0 Å². The summed E-state index contributed by atoms with van der Waals surface area (Å²) in [6, 6.07) is 7.76. The van der Waals surface area contributed by atoms with Crippen molar-refractivity contribution in [2.45, 2.75) is 44.7 Å². The molecule has 0 fully saturated rings. The number of amides is 3. The molecule has 14 heteroatoms. The molecule has 12 nitrogen and oxygen atoms in total. The quantitative estimate of drug-likeness (QED) is 0.353. The monoisotopic (exact) mass is 603 g/mol. The fourth-order valence-electron chi connectivity index (χ4n) is 4.58. The Balaban J connectivity index is 1.70. The van der Waals surface area contributed by atoms with Gasteiger partial charge in [0.1, 0.15) is 23.3 Å². The topological polar surface area (TPSA) is 154 Å². The number of urea groups is 1. The standard InChI is InChI=1S/C28H34FN5O7S/c1-16-13-34(17(2)15-35)27(36)22-7-6-8-23(32-42(38,39)21-11-9-20(29)10-12-21)26(22)40-24(16)14-33(5)28(37)30-25-18(3)31-41-19(25)4/h6-12,16-17,24,32,35H,13-15H2,1-5H3,(H,30,37)/t16-,17-,24-/m0/s1. The third-order valence-electron chi connectivity index (χ3n) is 7.13. The zero-order valence-corrected chi connectivity index (χ0v) is 24.7. The van der Waals surface area contributed by atoms with E-state index in [4.69, 9.17) is 9.26 Å². The van der Waals surface area contributed by atoms with E-state index in [0.29, 0.717) is 17.1 Å². The van der Waals surface area contributed by atoms with Gasteiger partial charge in [0.05, 0.1) is 35.3 Å². The van der Waals surface area contributed by atoms with E-state index < -0.39 is 39.9 Å². The third kappa shape index (κ3) is 6.49. The van der Waals surface area contributed by atoms with Crippen LogP contribution in [0.5, 0.6) is 5.75 Å². The van der Waals surface area contributed by atoms with Crippen LogP contribution in [-0.4, -0.2) is 79.3 Å². The van der Waals surface area contributed by atoms with Crippen molar-refractivity contribution in [2.24, 2.45) is 5.92 Å². The van der Waals surface area contributed by atoms with Crippen molar-refractivity contribution in [1.82, 2.24) is 15.0 Å². The number of nitrogens with one attached hydrogen (secondary N) is 2. The molecule has 0 saturated carbocycles. The molecule has 42 heavy (non-hydrogen) atoms. The minimum Gasteiger partial charge on any atom is -0.485 e. The highest BCUT2D eigenvalue weighted by molar-refractivity contribution is 7.92. The van der Waals surface area contributed by atoms with Gasteiger partial charge in [-0.2, -0.15) is 0 Å². The van der Waals surface area contributed by atoms with Crippen LogP contribution < -0.4 is 14.8 Å². The number of hydrogen-bond donors (Lipinski definition) is 3. The number of benzene rings is 2. The van der Waals surface area contributed by atoms with E-state index in [-0.39, 0.29) is 47.5 Å². The van der Waals surface area contributed by atoms with Crippen LogP contribution in [0.4, 0.5) is 20.6 Å². The number of rotatable bonds is 8. The Labute approximate surface area is 243 Å². The largest absolute Gasteiger partial charge is 0.485 e. The normalized spacial score (nSPS) is 17.9. The second-order valence-corrected chi connectivity index (χ2v) is 12.1. The number of sulfonamides is 1. The van der Waals surface area contributed by atoms with Crippen molar-refractivity contribution < 1.29 is 36.8 Å². The lowest BCUT2D eigenvalue weighted by Gasteiger charge is -2.38. The number of anilines is 2. The van der Waals surface area contributed by atoms with Gasteiger partial charge >= 0.3 is 6.03 Å².